The zero-order chi connectivity index (χ0) is 26.3. The molecule has 4 heterocycles. The second kappa shape index (κ2) is 10.6. The molecule has 0 aromatic heterocycles. The zero-order valence-electron chi connectivity index (χ0n) is 22.3. The molecule has 4 fully saturated rings. The van der Waals surface area contributed by atoms with Crippen molar-refractivity contribution in [2.45, 2.75) is 70.7 Å². The molecular formula is C26H43N3O7. The van der Waals surface area contributed by atoms with Crippen molar-refractivity contribution in [1.29, 1.82) is 0 Å². The second-order valence-corrected chi connectivity index (χ2v) is 11.1. The van der Waals surface area contributed by atoms with Gasteiger partial charge >= 0.3 is 5.97 Å². The minimum atomic E-state index is -1.13. The summed E-state index contributed by atoms with van der Waals surface area (Å²) in [5.41, 5.74) is -2.03. The van der Waals surface area contributed by atoms with E-state index in [0.29, 0.717) is 32.7 Å². The van der Waals surface area contributed by atoms with Crippen LogP contribution >= 0.6 is 0 Å². The van der Waals surface area contributed by atoms with Crippen molar-refractivity contribution in [2.75, 3.05) is 52.6 Å². The Morgan fingerprint density at radius 2 is 1.97 bits per heavy atom. The van der Waals surface area contributed by atoms with Crippen LogP contribution in [0.4, 0.5) is 0 Å². The number of hydrogen-bond acceptors (Lipinski definition) is 8. The van der Waals surface area contributed by atoms with Gasteiger partial charge in [-0.25, -0.2) is 0 Å². The van der Waals surface area contributed by atoms with E-state index in [9.17, 15) is 19.5 Å². The maximum atomic E-state index is 14.1. The molecule has 1 spiro atoms. The van der Waals surface area contributed by atoms with Gasteiger partial charge in [0.05, 0.1) is 44.0 Å². The highest BCUT2D eigenvalue weighted by Gasteiger charge is 2.80. The third-order valence-corrected chi connectivity index (χ3v) is 9.22. The van der Waals surface area contributed by atoms with E-state index in [-0.39, 0.29) is 36.9 Å². The number of nitrogens with one attached hydrogen (secondary N) is 1. The number of nitrogens with zero attached hydrogens (tertiary/aromatic N) is 2. The van der Waals surface area contributed by atoms with Crippen LogP contribution in [0.5, 0.6) is 0 Å². The van der Waals surface area contributed by atoms with E-state index in [2.05, 4.69) is 10.2 Å². The molecule has 8 atom stereocenters. The first-order chi connectivity index (χ1) is 17.2. The van der Waals surface area contributed by atoms with Gasteiger partial charge in [-0.1, -0.05) is 27.2 Å². The molecule has 2 N–H and O–H groups in total. The molecule has 4 saturated heterocycles. The molecule has 0 saturated carbocycles. The molecule has 10 heteroatoms. The van der Waals surface area contributed by atoms with Crippen LogP contribution in [0.3, 0.4) is 0 Å². The number of aliphatic hydroxyl groups is 1. The van der Waals surface area contributed by atoms with Crippen LogP contribution in [-0.2, 0) is 28.6 Å². The Balaban J connectivity index is 1.67. The van der Waals surface area contributed by atoms with Crippen LogP contribution in [0.15, 0.2) is 0 Å². The molecule has 0 radical (unpaired) electrons. The van der Waals surface area contributed by atoms with E-state index in [0.717, 1.165) is 19.5 Å². The topological polar surface area (TPSA) is 118 Å². The average Bonchev–Trinajstić information content (AvgIpc) is 3.37. The predicted octanol–water partition coefficient (Wildman–Crippen LogP) is 0.416. The summed E-state index contributed by atoms with van der Waals surface area (Å²) in [5.74, 6) is -2.73. The summed E-state index contributed by atoms with van der Waals surface area (Å²) in [7, 11) is 0. The third-order valence-electron chi connectivity index (χ3n) is 9.22. The fourth-order valence-electron chi connectivity index (χ4n) is 7.00. The molecule has 2 bridgehead atoms. The average molecular weight is 510 g/mol. The first-order valence-corrected chi connectivity index (χ1v) is 13.5. The van der Waals surface area contributed by atoms with Gasteiger partial charge in [0.15, 0.2) is 0 Å². The highest BCUT2D eigenvalue weighted by Crippen LogP contribution is 2.65. The Labute approximate surface area is 214 Å². The molecule has 4 rings (SSSR count). The number of rotatable bonds is 10. The van der Waals surface area contributed by atoms with E-state index in [1.54, 1.807) is 11.8 Å². The third kappa shape index (κ3) is 4.23. The summed E-state index contributed by atoms with van der Waals surface area (Å²) >= 11 is 0. The molecule has 204 valence electrons. The molecule has 36 heavy (non-hydrogen) atoms. The lowest BCUT2D eigenvalue weighted by Crippen LogP contribution is -2.59. The minimum Gasteiger partial charge on any atom is -0.466 e. The fourth-order valence-corrected chi connectivity index (χ4v) is 7.00. The molecule has 0 aliphatic carbocycles. The summed E-state index contributed by atoms with van der Waals surface area (Å²) < 4.78 is 17.5. The van der Waals surface area contributed by atoms with Crippen molar-refractivity contribution in [2.24, 2.45) is 23.7 Å². The number of aliphatic hydroxyl groups excluding tert-OH is 1. The first-order valence-electron chi connectivity index (χ1n) is 13.5. The van der Waals surface area contributed by atoms with Crippen molar-refractivity contribution in [3.63, 3.8) is 0 Å². The van der Waals surface area contributed by atoms with E-state index in [1.165, 1.54) is 0 Å². The number of esters is 1. The molecule has 4 aliphatic rings. The van der Waals surface area contributed by atoms with Crippen LogP contribution in [0.2, 0.25) is 0 Å². The molecule has 3 unspecified atom stereocenters. The van der Waals surface area contributed by atoms with Gasteiger partial charge in [-0.3, -0.25) is 19.3 Å². The lowest BCUT2D eigenvalue weighted by Gasteiger charge is -2.39. The van der Waals surface area contributed by atoms with Gasteiger partial charge in [0.2, 0.25) is 11.8 Å². The summed E-state index contributed by atoms with van der Waals surface area (Å²) in [6.07, 6.45) is 1.22. The maximum absolute atomic E-state index is 14.1. The van der Waals surface area contributed by atoms with Crippen LogP contribution in [-0.4, -0.2) is 109 Å². The maximum Gasteiger partial charge on any atom is 0.312 e. The Hall–Kier alpha value is -1.75. The lowest BCUT2D eigenvalue weighted by molar-refractivity contribution is -0.162. The number of amides is 2. The van der Waals surface area contributed by atoms with Crippen LogP contribution < -0.4 is 5.32 Å². The van der Waals surface area contributed by atoms with Gasteiger partial charge in [-0.15, -0.1) is 0 Å². The Kier molecular flexibility index (Phi) is 8.00. The summed E-state index contributed by atoms with van der Waals surface area (Å²) in [6.45, 7) is 13.6. The number of ether oxygens (including phenoxy) is 3. The van der Waals surface area contributed by atoms with Crippen LogP contribution in [0, 0.1) is 23.7 Å². The zero-order valence-corrected chi connectivity index (χ0v) is 22.3. The number of hydrogen-bond donors (Lipinski definition) is 2. The van der Waals surface area contributed by atoms with Crippen molar-refractivity contribution in [3.05, 3.63) is 0 Å². The van der Waals surface area contributed by atoms with E-state index < -0.39 is 41.1 Å². The molecule has 0 aromatic rings. The van der Waals surface area contributed by atoms with Crippen molar-refractivity contribution in [1.82, 2.24) is 15.1 Å². The van der Waals surface area contributed by atoms with E-state index in [1.807, 2.05) is 27.7 Å². The van der Waals surface area contributed by atoms with Crippen molar-refractivity contribution >= 4 is 17.8 Å². The summed E-state index contributed by atoms with van der Waals surface area (Å²) in [4.78, 5) is 45.0. The quantitative estimate of drug-likeness (QED) is 0.407. The van der Waals surface area contributed by atoms with Gasteiger partial charge in [-0.2, -0.15) is 0 Å². The number of likely N-dealkylation sites (tertiary alicyclic amines) is 1. The van der Waals surface area contributed by atoms with E-state index >= 15 is 0 Å². The molecule has 0 aromatic carbocycles. The molecule has 4 aliphatic heterocycles. The Morgan fingerprint density at radius 1 is 1.28 bits per heavy atom. The largest absolute Gasteiger partial charge is 0.466 e. The van der Waals surface area contributed by atoms with E-state index in [4.69, 9.17) is 14.2 Å². The summed E-state index contributed by atoms with van der Waals surface area (Å²) in [6, 6.07) is -1.47. The lowest BCUT2D eigenvalue weighted by atomic mass is 9.62. The van der Waals surface area contributed by atoms with Gasteiger partial charge in [-0.05, 0) is 32.1 Å². The SMILES string of the molecule is CCOC(=O)[C@@H]1[C@H]2C(=O)N([C@@H](CO)[C@@H](C)CC)C(C(=O)NCCN3CCOCC3)C23CC(C)[C@@]1(C)O3. The minimum absolute atomic E-state index is 0.0379. The molecular weight excluding hydrogens is 466 g/mol. The monoisotopic (exact) mass is 509 g/mol. The number of morpholine rings is 1. The fraction of sp³-hybridized carbons (Fsp3) is 0.885. The van der Waals surface area contributed by atoms with Gasteiger partial charge in [0, 0.05) is 26.2 Å². The van der Waals surface area contributed by atoms with Crippen molar-refractivity contribution < 1.29 is 33.7 Å². The molecule has 10 nitrogen and oxygen atoms in total. The molecule has 2 amide bonds. The van der Waals surface area contributed by atoms with Crippen LogP contribution in [0.1, 0.15) is 47.5 Å². The highest BCUT2D eigenvalue weighted by molar-refractivity contribution is 5.98. The first kappa shape index (κ1) is 27.3. The Morgan fingerprint density at radius 3 is 2.58 bits per heavy atom. The smallest absolute Gasteiger partial charge is 0.312 e. The van der Waals surface area contributed by atoms with Crippen LogP contribution in [0.25, 0.3) is 0 Å². The highest BCUT2D eigenvalue weighted by atomic mass is 16.6. The number of fused-ring (bicyclic) bond motifs is 1. The van der Waals surface area contributed by atoms with Gasteiger partial charge in [0.25, 0.3) is 0 Å². The second-order valence-electron chi connectivity index (χ2n) is 11.1. The summed E-state index contributed by atoms with van der Waals surface area (Å²) in [5, 5.41) is 13.4. The van der Waals surface area contributed by atoms with Gasteiger partial charge in [0.1, 0.15) is 17.6 Å². The number of carbonyl (C=O) groups is 3. The standard InChI is InChI=1S/C26H43N3O7/c1-6-16(3)18(15-30)29-21(22(31)27-8-9-28-10-12-34-13-11-28)26-14-17(4)25(5,36-26)20(19(26)23(29)32)24(33)35-7-2/h16-21,30H,6-15H2,1-5H3,(H,27,31)/t16-,17?,18-,19-,20-,21?,25+,26?/m0/s1. The van der Waals surface area contributed by atoms with Crippen molar-refractivity contribution in [3.8, 4) is 0 Å². The Bertz CT molecular complexity index is 849. The number of carbonyl (C=O) groups excluding carboxylic acids is 3. The predicted molar refractivity (Wildman–Crippen MR) is 131 cm³/mol. The normalized spacial score (nSPS) is 37.6. The van der Waals surface area contributed by atoms with Gasteiger partial charge < -0.3 is 29.5 Å².